The molecule has 0 spiro atoms. The highest BCUT2D eigenvalue weighted by molar-refractivity contribution is 5.49. The highest BCUT2D eigenvalue weighted by Crippen LogP contribution is 2.15. The summed E-state index contributed by atoms with van der Waals surface area (Å²) in [6.07, 6.45) is 5.06. The molecule has 2 aromatic rings. The molecule has 6 nitrogen and oxygen atoms in total. The second kappa shape index (κ2) is 6.91. The van der Waals surface area contributed by atoms with Crippen LogP contribution in [0.3, 0.4) is 0 Å². The van der Waals surface area contributed by atoms with Crippen LogP contribution in [0.4, 0.5) is 0 Å². The zero-order valence-corrected chi connectivity index (χ0v) is 12.0. The van der Waals surface area contributed by atoms with Gasteiger partial charge in [0.25, 0.3) is 0 Å². The normalized spacial score (nSPS) is 10.8. The van der Waals surface area contributed by atoms with Crippen LogP contribution in [0.5, 0.6) is 5.88 Å². The summed E-state index contributed by atoms with van der Waals surface area (Å²) in [7, 11) is 1.57. The van der Waals surface area contributed by atoms with Gasteiger partial charge in [-0.15, -0.1) is 0 Å². The molecule has 0 unspecified atom stereocenters. The maximum absolute atomic E-state index is 5.06. The van der Waals surface area contributed by atoms with Crippen LogP contribution in [0.2, 0.25) is 0 Å². The fourth-order valence-electron chi connectivity index (χ4n) is 1.66. The number of rotatable bonds is 6. The van der Waals surface area contributed by atoms with E-state index in [-0.39, 0.29) is 0 Å². The van der Waals surface area contributed by atoms with E-state index < -0.39 is 0 Å². The predicted molar refractivity (Wildman–Crippen MR) is 76.2 cm³/mol. The van der Waals surface area contributed by atoms with Crippen molar-refractivity contribution >= 4 is 0 Å². The summed E-state index contributed by atoms with van der Waals surface area (Å²) in [5, 5.41) is 3.35. The number of nitrogens with one attached hydrogen (secondary N) is 1. The Kier molecular flexibility index (Phi) is 4.95. The average molecular weight is 273 g/mol. The van der Waals surface area contributed by atoms with E-state index in [1.165, 1.54) is 6.33 Å². The van der Waals surface area contributed by atoms with Crippen LogP contribution in [0.1, 0.15) is 19.4 Å². The smallest absolute Gasteiger partial charge is 0.216 e. The Morgan fingerprint density at radius 2 is 1.90 bits per heavy atom. The second-order valence-corrected chi connectivity index (χ2v) is 4.89. The van der Waals surface area contributed by atoms with E-state index in [0.29, 0.717) is 23.3 Å². The maximum atomic E-state index is 5.06. The van der Waals surface area contributed by atoms with Crippen molar-refractivity contribution in [2.24, 2.45) is 5.92 Å². The molecule has 20 heavy (non-hydrogen) atoms. The molecular weight excluding hydrogens is 254 g/mol. The number of nitrogens with zero attached hydrogens (tertiary/aromatic N) is 4. The Bertz CT molecular complexity index is 542. The molecule has 0 aromatic carbocycles. The van der Waals surface area contributed by atoms with E-state index in [0.717, 1.165) is 18.7 Å². The van der Waals surface area contributed by atoms with Gasteiger partial charge in [0.1, 0.15) is 12.0 Å². The summed E-state index contributed by atoms with van der Waals surface area (Å²) >= 11 is 0. The van der Waals surface area contributed by atoms with E-state index in [2.05, 4.69) is 39.1 Å². The quantitative estimate of drug-likeness (QED) is 0.863. The molecule has 0 aliphatic rings. The first kappa shape index (κ1) is 14.3. The zero-order chi connectivity index (χ0) is 14.4. The van der Waals surface area contributed by atoms with Gasteiger partial charge in [0.2, 0.25) is 5.88 Å². The van der Waals surface area contributed by atoms with Crippen LogP contribution in [0.15, 0.2) is 24.8 Å². The molecule has 0 saturated carbocycles. The van der Waals surface area contributed by atoms with Crippen molar-refractivity contribution in [2.75, 3.05) is 13.7 Å². The summed E-state index contributed by atoms with van der Waals surface area (Å²) in [6.45, 7) is 6.10. The topological polar surface area (TPSA) is 72.8 Å². The van der Waals surface area contributed by atoms with Crippen molar-refractivity contribution in [3.05, 3.63) is 30.4 Å². The minimum Gasteiger partial charge on any atom is -0.481 e. The molecule has 1 N–H and O–H groups in total. The summed E-state index contributed by atoms with van der Waals surface area (Å²) in [5.41, 5.74) is 1.70. The summed E-state index contributed by atoms with van der Waals surface area (Å²) in [6, 6.07) is 1.71. The van der Waals surface area contributed by atoms with Crippen LogP contribution < -0.4 is 10.1 Å². The number of ether oxygens (including phenoxy) is 1. The van der Waals surface area contributed by atoms with Gasteiger partial charge in [-0.1, -0.05) is 13.8 Å². The van der Waals surface area contributed by atoms with Crippen molar-refractivity contribution in [3.63, 3.8) is 0 Å². The predicted octanol–water partition coefficient (Wildman–Crippen LogP) is 1.69. The van der Waals surface area contributed by atoms with Crippen molar-refractivity contribution in [3.8, 4) is 17.4 Å². The third-order valence-electron chi connectivity index (χ3n) is 2.67. The van der Waals surface area contributed by atoms with E-state index in [1.54, 1.807) is 13.2 Å². The highest BCUT2D eigenvalue weighted by atomic mass is 16.5. The molecule has 2 heterocycles. The van der Waals surface area contributed by atoms with Crippen LogP contribution in [-0.4, -0.2) is 33.6 Å². The van der Waals surface area contributed by atoms with Crippen molar-refractivity contribution in [1.29, 1.82) is 0 Å². The molecular formula is C14H19N5O. The molecule has 0 bridgehead atoms. The molecule has 0 atom stereocenters. The van der Waals surface area contributed by atoms with Gasteiger partial charge in [-0.05, 0) is 12.5 Å². The van der Waals surface area contributed by atoms with Crippen molar-refractivity contribution < 1.29 is 4.74 Å². The minimum atomic E-state index is 0.501. The van der Waals surface area contributed by atoms with E-state index in [1.807, 2.05) is 12.4 Å². The van der Waals surface area contributed by atoms with Crippen LogP contribution in [-0.2, 0) is 6.54 Å². The monoisotopic (exact) mass is 273 g/mol. The van der Waals surface area contributed by atoms with Gasteiger partial charge in [-0.3, -0.25) is 0 Å². The Hall–Kier alpha value is -2.08. The van der Waals surface area contributed by atoms with Crippen LogP contribution >= 0.6 is 0 Å². The molecule has 2 rings (SSSR count). The first-order valence-corrected chi connectivity index (χ1v) is 6.57. The summed E-state index contributed by atoms with van der Waals surface area (Å²) < 4.78 is 5.06. The van der Waals surface area contributed by atoms with Gasteiger partial charge in [-0.25, -0.2) is 19.9 Å². The second-order valence-electron chi connectivity index (χ2n) is 4.89. The molecule has 2 aromatic heterocycles. The van der Waals surface area contributed by atoms with Gasteiger partial charge in [0, 0.05) is 30.6 Å². The Morgan fingerprint density at radius 1 is 1.15 bits per heavy atom. The molecule has 106 valence electrons. The molecule has 0 aliphatic heterocycles. The van der Waals surface area contributed by atoms with Gasteiger partial charge >= 0.3 is 0 Å². The minimum absolute atomic E-state index is 0.501. The third-order valence-corrected chi connectivity index (χ3v) is 2.67. The number of hydrogen-bond donors (Lipinski definition) is 1. The molecule has 0 aliphatic carbocycles. The Morgan fingerprint density at radius 3 is 2.55 bits per heavy atom. The van der Waals surface area contributed by atoms with Gasteiger partial charge in [0.15, 0.2) is 5.82 Å². The molecule has 0 saturated heterocycles. The Balaban J connectivity index is 2.03. The first-order chi connectivity index (χ1) is 9.69. The van der Waals surface area contributed by atoms with Gasteiger partial charge in [0.05, 0.1) is 7.11 Å². The van der Waals surface area contributed by atoms with E-state index >= 15 is 0 Å². The lowest BCUT2D eigenvalue weighted by atomic mass is 10.2. The van der Waals surface area contributed by atoms with Crippen LogP contribution in [0.25, 0.3) is 11.5 Å². The van der Waals surface area contributed by atoms with Crippen molar-refractivity contribution in [2.45, 2.75) is 20.4 Å². The third kappa shape index (κ3) is 3.96. The van der Waals surface area contributed by atoms with Gasteiger partial charge < -0.3 is 10.1 Å². The average Bonchev–Trinajstić information content (AvgIpc) is 2.48. The number of hydrogen-bond acceptors (Lipinski definition) is 6. The fourth-order valence-corrected chi connectivity index (χ4v) is 1.66. The van der Waals surface area contributed by atoms with E-state index in [4.69, 9.17) is 4.74 Å². The van der Waals surface area contributed by atoms with Crippen molar-refractivity contribution in [1.82, 2.24) is 25.3 Å². The Labute approximate surface area is 118 Å². The van der Waals surface area contributed by atoms with Gasteiger partial charge in [-0.2, -0.15) is 0 Å². The molecule has 0 radical (unpaired) electrons. The lowest BCUT2D eigenvalue weighted by molar-refractivity contribution is 0.397. The van der Waals surface area contributed by atoms with Crippen LogP contribution in [0, 0.1) is 5.92 Å². The zero-order valence-electron chi connectivity index (χ0n) is 12.0. The molecule has 0 fully saturated rings. The number of methoxy groups -OCH3 is 1. The maximum Gasteiger partial charge on any atom is 0.216 e. The standard InChI is InChI=1S/C14H19N5O/c1-10(2)5-15-6-11-7-16-14(17-8-11)12-4-13(20-3)19-9-18-12/h4,7-10,15H,5-6H2,1-3H3. The number of aromatic nitrogens is 4. The molecule has 6 heteroatoms. The SMILES string of the molecule is COc1cc(-c2ncc(CNCC(C)C)cn2)ncn1. The summed E-state index contributed by atoms with van der Waals surface area (Å²) in [4.78, 5) is 16.8. The highest BCUT2D eigenvalue weighted by Gasteiger charge is 2.05. The first-order valence-electron chi connectivity index (χ1n) is 6.57. The molecule has 0 amide bonds. The largest absolute Gasteiger partial charge is 0.481 e. The van der Waals surface area contributed by atoms with E-state index in [9.17, 15) is 0 Å². The summed E-state index contributed by atoms with van der Waals surface area (Å²) in [5.74, 6) is 1.70. The lowest BCUT2D eigenvalue weighted by Crippen LogP contribution is -2.19. The fraction of sp³-hybridized carbons (Fsp3) is 0.429. The lowest BCUT2D eigenvalue weighted by Gasteiger charge is -2.07.